The first-order valence-electron chi connectivity index (χ1n) is 5.19. The lowest BCUT2D eigenvalue weighted by Crippen LogP contribution is -2.00. The molecule has 0 unspecified atom stereocenters. The van der Waals surface area contributed by atoms with Gasteiger partial charge in [0.2, 0.25) is 0 Å². The molecule has 0 aliphatic carbocycles. The molecule has 92 valence electrons. The topological polar surface area (TPSA) is 59.4 Å². The number of benzene rings is 1. The van der Waals surface area contributed by atoms with E-state index in [2.05, 4.69) is 4.98 Å². The number of hydrogen-bond acceptors (Lipinski definition) is 3. The van der Waals surface area contributed by atoms with Gasteiger partial charge in [0.05, 0.1) is 0 Å². The fourth-order valence-corrected chi connectivity index (χ4v) is 1.61. The van der Waals surface area contributed by atoms with Crippen LogP contribution in [0.25, 0.3) is 0 Å². The molecule has 0 aliphatic rings. The van der Waals surface area contributed by atoms with Crippen LogP contribution in [0.3, 0.4) is 0 Å². The van der Waals surface area contributed by atoms with Crippen molar-refractivity contribution in [3.63, 3.8) is 0 Å². The van der Waals surface area contributed by atoms with Gasteiger partial charge < -0.3 is 9.84 Å². The Bertz CT molecular complexity index is 599. The third-order valence-corrected chi connectivity index (χ3v) is 2.60. The zero-order valence-electron chi connectivity index (χ0n) is 9.55. The minimum atomic E-state index is -1.06. The molecule has 5 heteroatoms. The molecule has 0 bridgehead atoms. The van der Waals surface area contributed by atoms with Crippen molar-refractivity contribution in [2.45, 2.75) is 6.92 Å². The number of hydrogen-bond donors (Lipinski definition) is 1. The standard InChI is InChI=1S/C13H10ClNO3/c1-8-7-15-5-4-11(8)18-12-6-9(14)2-3-10(12)13(16)17/h2-7H,1H3,(H,16,17). The number of carboxylic acids is 1. The first kappa shape index (κ1) is 12.4. The monoisotopic (exact) mass is 263 g/mol. The predicted molar refractivity (Wildman–Crippen MR) is 67.5 cm³/mol. The maximum absolute atomic E-state index is 11.1. The number of ether oxygens (including phenoxy) is 1. The number of carbonyl (C=O) groups is 1. The normalized spacial score (nSPS) is 10.1. The predicted octanol–water partition coefficient (Wildman–Crippen LogP) is 3.53. The Labute approximate surface area is 109 Å². The third-order valence-electron chi connectivity index (χ3n) is 2.36. The van der Waals surface area contributed by atoms with Crippen LogP contribution in [0.2, 0.25) is 5.02 Å². The largest absolute Gasteiger partial charge is 0.478 e. The summed E-state index contributed by atoms with van der Waals surface area (Å²) in [5.74, 6) is -0.299. The van der Waals surface area contributed by atoms with Gasteiger partial charge in [-0.05, 0) is 25.1 Å². The molecular formula is C13H10ClNO3. The summed E-state index contributed by atoms with van der Waals surface area (Å²) in [4.78, 5) is 15.0. The van der Waals surface area contributed by atoms with Crippen molar-refractivity contribution < 1.29 is 14.6 Å². The number of aromatic nitrogens is 1. The van der Waals surface area contributed by atoms with E-state index in [1.807, 2.05) is 6.92 Å². The molecule has 0 aliphatic heterocycles. The lowest BCUT2D eigenvalue weighted by atomic mass is 10.2. The highest BCUT2D eigenvalue weighted by Crippen LogP contribution is 2.29. The van der Waals surface area contributed by atoms with Gasteiger partial charge in [-0.3, -0.25) is 4.98 Å². The fourth-order valence-electron chi connectivity index (χ4n) is 1.45. The van der Waals surface area contributed by atoms with Crippen LogP contribution in [0.1, 0.15) is 15.9 Å². The highest BCUT2D eigenvalue weighted by atomic mass is 35.5. The Kier molecular flexibility index (Phi) is 3.48. The average molecular weight is 264 g/mol. The van der Waals surface area contributed by atoms with E-state index in [1.165, 1.54) is 18.2 Å². The molecule has 1 heterocycles. The van der Waals surface area contributed by atoms with Crippen molar-refractivity contribution in [2.75, 3.05) is 0 Å². The molecule has 0 radical (unpaired) electrons. The molecule has 0 saturated carbocycles. The van der Waals surface area contributed by atoms with E-state index in [9.17, 15) is 4.79 Å². The fraction of sp³-hybridized carbons (Fsp3) is 0.0769. The van der Waals surface area contributed by atoms with E-state index in [0.29, 0.717) is 10.8 Å². The second kappa shape index (κ2) is 5.06. The Morgan fingerprint density at radius 1 is 1.33 bits per heavy atom. The number of aromatic carboxylic acids is 1. The molecular weight excluding hydrogens is 254 g/mol. The maximum atomic E-state index is 11.1. The highest BCUT2D eigenvalue weighted by Gasteiger charge is 2.13. The van der Waals surface area contributed by atoms with Crippen LogP contribution in [0.4, 0.5) is 0 Å². The summed E-state index contributed by atoms with van der Waals surface area (Å²) in [5, 5.41) is 9.49. The maximum Gasteiger partial charge on any atom is 0.339 e. The molecule has 0 saturated heterocycles. The van der Waals surface area contributed by atoms with Crippen LogP contribution in [-0.4, -0.2) is 16.1 Å². The lowest BCUT2D eigenvalue weighted by molar-refractivity contribution is 0.0694. The number of carboxylic acid groups (broad SMARTS) is 1. The minimum Gasteiger partial charge on any atom is -0.478 e. The number of rotatable bonds is 3. The number of halogens is 1. The molecule has 2 rings (SSSR count). The summed E-state index contributed by atoms with van der Waals surface area (Å²) in [7, 11) is 0. The lowest BCUT2D eigenvalue weighted by Gasteiger charge is -2.10. The SMILES string of the molecule is Cc1cnccc1Oc1cc(Cl)ccc1C(=O)O. The van der Waals surface area contributed by atoms with Crippen LogP contribution in [0.5, 0.6) is 11.5 Å². The molecule has 0 spiro atoms. The molecule has 0 amide bonds. The molecule has 18 heavy (non-hydrogen) atoms. The van der Waals surface area contributed by atoms with Gasteiger partial charge in [0.1, 0.15) is 17.1 Å². The van der Waals surface area contributed by atoms with E-state index in [4.69, 9.17) is 21.4 Å². The van der Waals surface area contributed by atoms with Crippen LogP contribution >= 0.6 is 11.6 Å². The Balaban J connectivity index is 2.42. The van der Waals surface area contributed by atoms with Gasteiger partial charge in [-0.2, -0.15) is 0 Å². The van der Waals surface area contributed by atoms with Crippen LogP contribution in [0.15, 0.2) is 36.7 Å². The van der Waals surface area contributed by atoms with Gasteiger partial charge in [0.25, 0.3) is 0 Å². The second-order valence-electron chi connectivity index (χ2n) is 3.69. The number of nitrogens with zero attached hydrogens (tertiary/aromatic N) is 1. The zero-order chi connectivity index (χ0) is 13.1. The quantitative estimate of drug-likeness (QED) is 0.920. The Hall–Kier alpha value is -2.07. The number of pyridine rings is 1. The van der Waals surface area contributed by atoms with Crippen molar-refractivity contribution in [1.29, 1.82) is 0 Å². The summed E-state index contributed by atoms with van der Waals surface area (Å²) in [6.45, 7) is 1.83. The summed E-state index contributed by atoms with van der Waals surface area (Å²) in [5.41, 5.74) is 0.879. The molecule has 4 nitrogen and oxygen atoms in total. The van der Waals surface area contributed by atoms with Gasteiger partial charge in [-0.15, -0.1) is 0 Å². The van der Waals surface area contributed by atoms with Crippen molar-refractivity contribution >= 4 is 17.6 Å². The molecule has 1 aromatic heterocycles. The summed E-state index contributed by atoms with van der Waals surface area (Å²) >= 11 is 5.84. The molecule has 2 aromatic rings. The van der Waals surface area contributed by atoms with E-state index in [1.54, 1.807) is 18.5 Å². The zero-order valence-corrected chi connectivity index (χ0v) is 10.3. The van der Waals surface area contributed by atoms with Crippen molar-refractivity contribution in [3.05, 3.63) is 52.8 Å². The van der Waals surface area contributed by atoms with E-state index < -0.39 is 5.97 Å². The molecule has 1 aromatic carbocycles. The van der Waals surface area contributed by atoms with Crippen molar-refractivity contribution in [3.8, 4) is 11.5 Å². The van der Waals surface area contributed by atoms with Gasteiger partial charge in [-0.1, -0.05) is 11.6 Å². The number of aryl methyl sites for hydroxylation is 1. The summed E-state index contributed by atoms with van der Waals surface area (Å²) < 4.78 is 5.58. The Morgan fingerprint density at radius 3 is 2.78 bits per heavy atom. The second-order valence-corrected chi connectivity index (χ2v) is 4.13. The van der Waals surface area contributed by atoms with Crippen LogP contribution < -0.4 is 4.74 Å². The molecule has 1 N–H and O–H groups in total. The van der Waals surface area contributed by atoms with Gasteiger partial charge in [0.15, 0.2) is 0 Å². The van der Waals surface area contributed by atoms with E-state index in [0.717, 1.165) is 5.56 Å². The van der Waals surface area contributed by atoms with Gasteiger partial charge >= 0.3 is 5.97 Å². The van der Waals surface area contributed by atoms with Crippen molar-refractivity contribution in [1.82, 2.24) is 4.98 Å². The smallest absolute Gasteiger partial charge is 0.339 e. The third kappa shape index (κ3) is 2.60. The van der Waals surface area contributed by atoms with Gasteiger partial charge in [0, 0.05) is 29.0 Å². The first-order chi connectivity index (χ1) is 8.58. The van der Waals surface area contributed by atoms with Crippen LogP contribution in [-0.2, 0) is 0 Å². The Morgan fingerprint density at radius 2 is 2.11 bits per heavy atom. The molecule has 0 atom stereocenters. The molecule has 0 fully saturated rings. The van der Waals surface area contributed by atoms with Crippen molar-refractivity contribution in [2.24, 2.45) is 0 Å². The van der Waals surface area contributed by atoms with Gasteiger partial charge in [-0.25, -0.2) is 4.79 Å². The highest BCUT2D eigenvalue weighted by molar-refractivity contribution is 6.30. The first-order valence-corrected chi connectivity index (χ1v) is 5.57. The summed E-state index contributed by atoms with van der Waals surface area (Å²) in [6.07, 6.45) is 3.22. The van der Waals surface area contributed by atoms with E-state index >= 15 is 0 Å². The average Bonchev–Trinajstić information content (AvgIpc) is 2.32. The summed E-state index contributed by atoms with van der Waals surface area (Å²) in [6, 6.07) is 6.07. The van der Waals surface area contributed by atoms with E-state index in [-0.39, 0.29) is 11.3 Å². The van der Waals surface area contributed by atoms with Crippen LogP contribution in [0, 0.1) is 6.92 Å². The minimum absolute atomic E-state index is 0.0654.